The van der Waals surface area contributed by atoms with E-state index in [1.807, 2.05) is 44.2 Å². The fraction of sp³-hybridized carbons (Fsp3) is 0.290. The third kappa shape index (κ3) is 6.17. The van der Waals surface area contributed by atoms with Crippen molar-refractivity contribution in [2.45, 2.75) is 45.3 Å². The zero-order chi connectivity index (χ0) is 27.4. The number of carbonyl (C=O) groups excluding carboxylic acids is 1. The monoisotopic (exact) mass is 531 g/mol. The van der Waals surface area contributed by atoms with Gasteiger partial charge in [0.25, 0.3) is 5.91 Å². The Hall–Kier alpha value is -4.04. The molecule has 0 saturated carbocycles. The summed E-state index contributed by atoms with van der Waals surface area (Å²) in [4.78, 5) is 15.5. The van der Waals surface area contributed by atoms with Gasteiger partial charge in [-0.3, -0.25) is 4.79 Å². The number of benzene rings is 3. The van der Waals surface area contributed by atoms with Crippen LogP contribution < -0.4 is 4.74 Å². The van der Waals surface area contributed by atoms with E-state index in [1.54, 1.807) is 21.7 Å². The quantitative estimate of drug-likeness (QED) is 0.236. The molecular formula is C31H31F2N3O3. The lowest BCUT2D eigenvalue weighted by Crippen LogP contribution is -2.37. The number of ether oxygens (including phenoxy) is 2. The second kappa shape index (κ2) is 11.8. The molecule has 39 heavy (non-hydrogen) atoms. The second-order valence-corrected chi connectivity index (χ2v) is 9.96. The van der Waals surface area contributed by atoms with Crippen LogP contribution in [0.25, 0.3) is 5.69 Å². The van der Waals surface area contributed by atoms with E-state index >= 15 is 0 Å². The maximum absolute atomic E-state index is 14.1. The van der Waals surface area contributed by atoms with Crippen LogP contribution in [0.1, 0.15) is 54.2 Å². The normalized spacial score (nSPS) is 15.1. The van der Waals surface area contributed by atoms with Gasteiger partial charge < -0.3 is 14.4 Å². The molecule has 8 heteroatoms. The van der Waals surface area contributed by atoms with Gasteiger partial charge in [-0.1, -0.05) is 38.1 Å². The highest BCUT2D eigenvalue weighted by Crippen LogP contribution is 2.35. The van der Waals surface area contributed by atoms with E-state index in [4.69, 9.17) is 14.6 Å². The van der Waals surface area contributed by atoms with Crippen molar-refractivity contribution in [3.63, 3.8) is 0 Å². The van der Waals surface area contributed by atoms with Crippen LogP contribution in [0.2, 0.25) is 0 Å². The van der Waals surface area contributed by atoms with Crippen molar-refractivity contribution >= 4 is 5.91 Å². The summed E-state index contributed by atoms with van der Waals surface area (Å²) < 4.78 is 41.6. The Morgan fingerprint density at radius 2 is 1.82 bits per heavy atom. The van der Waals surface area contributed by atoms with Crippen LogP contribution in [0, 0.1) is 11.6 Å². The van der Waals surface area contributed by atoms with Crippen molar-refractivity contribution in [2.75, 3.05) is 13.2 Å². The van der Waals surface area contributed by atoms with Crippen LogP contribution in [0.4, 0.5) is 8.78 Å². The van der Waals surface area contributed by atoms with E-state index < -0.39 is 11.6 Å². The summed E-state index contributed by atoms with van der Waals surface area (Å²) in [7, 11) is 0. The van der Waals surface area contributed by atoms with Crippen molar-refractivity contribution in [3.05, 3.63) is 107 Å². The molecule has 1 aromatic heterocycles. The lowest BCUT2D eigenvalue weighted by atomic mass is 10.0. The minimum absolute atomic E-state index is 0.00493. The third-order valence-electron chi connectivity index (χ3n) is 6.70. The van der Waals surface area contributed by atoms with E-state index in [0.29, 0.717) is 35.9 Å². The second-order valence-electron chi connectivity index (χ2n) is 9.96. The largest absolute Gasteiger partial charge is 0.438 e. The summed E-state index contributed by atoms with van der Waals surface area (Å²) in [6.07, 6.45) is 1.68. The Balaban J connectivity index is 1.60. The van der Waals surface area contributed by atoms with Gasteiger partial charge in [-0.15, -0.1) is 0 Å². The lowest BCUT2D eigenvalue weighted by molar-refractivity contribution is 0.0505. The van der Waals surface area contributed by atoms with E-state index in [0.717, 1.165) is 24.2 Å². The third-order valence-corrected chi connectivity index (χ3v) is 6.70. The molecule has 3 aromatic carbocycles. The number of amides is 1. The molecule has 1 atom stereocenters. The molecule has 1 amide bonds. The van der Waals surface area contributed by atoms with Crippen molar-refractivity contribution in [3.8, 4) is 17.3 Å². The molecule has 0 bridgehead atoms. The molecule has 202 valence electrons. The highest BCUT2D eigenvalue weighted by atomic mass is 19.1. The molecule has 4 aromatic rings. The summed E-state index contributed by atoms with van der Waals surface area (Å²) in [5.41, 5.74) is 2.62. The minimum Gasteiger partial charge on any atom is -0.438 e. The molecule has 1 aliphatic rings. The molecule has 6 nitrogen and oxygen atoms in total. The topological polar surface area (TPSA) is 56.6 Å². The van der Waals surface area contributed by atoms with Gasteiger partial charge >= 0.3 is 0 Å². The maximum atomic E-state index is 14.1. The fourth-order valence-corrected chi connectivity index (χ4v) is 4.77. The number of hydrogen-bond acceptors (Lipinski definition) is 4. The van der Waals surface area contributed by atoms with E-state index in [-0.39, 0.29) is 24.5 Å². The van der Waals surface area contributed by atoms with Crippen molar-refractivity contribution in [1.29, 1.82) is 0 Å². The maximum Gasteiger partial charge on any atom is 0.254 e. The first-order valence-corrected chi connectivity index (χ1v) is 13.2. The predicted molar refractivity (Wildman–Crippen MR) is 144 cm³/mol. The zero-order valence-corrected chi connectivity index (χ0v) is 22.0. The zero-order valence-electron chi connectivity index (χ0n) is 22.0. The molecule has 0 unspecified atom stereocenters. The highest BCUT2D eigenvalue weighted by molar-refractivity contribution is 5.94. The SMILES string of the molecule is CC(C)c1nn(-c2ccccc2)c(Oc2cccc(F)c2)c1CN(C[C@H]1CCCO1)C(=O)c1ccc(F)cc1. The summed E-state index contributed by atoms with van der Waals surface area (Å²) >= 11 is 0. The van der Waals surface area contributed by atoms with Gasteiger partial charge in [-0.2, -0.15) is 5.10 Å². The number of halogens is 2. The molecule has 1 fully saturated rings. The van der Waals surface area contributed by atoms with Gasteiger partial charge in [0.1, 0.15) is 17.4 Å². The summed E-state index contributed by atoms with van der Waals surface area (Å²) in [6.45, 7) is 5.25. The Kier molecular flexibility index (Phi) is 8.02. The first-order valence-electron chi connectivity index (χ1n) is 13.2. The predicted octanol–water partition coefficient (Wildman–Crippen LogP) is 6.89. The molecule has 0 spiro atoms. The summed E-state index contributed by atoms with van der Waals surface area (Å²) in [5, 5.41) is 4.91. The Labute approximate surface area is 226 Å². The van der Waals surface area contributed by atoms with Crippen LogP contribution in [-0.2, 0) is 11.3 Å². The Bertz CT molecular complexity index is 1420. The average Bonchev–Trinajstić information content (AvgIpc) is 3.57. The number of aromatic nitrogens is 2. The van der Waals surface area contributed by atoms with Crippen LogP contribution in [0.3, 0.4) is 0 Å². The van der Waals surface area contributed by atoms with Gasteiger partial charge in [-0.05, 0) is 67.3 Å². The van der Waals surface area contributed by atoms with Crippen LogP contribution in [0.5, 0.6) is 11.6 Å². The Morgan fingerprint density at radius 3 is 2.49 bits per heavy atom. The minimum atomic E-state index is -0.421. The first-order chi connectivity index (χ1) is 18.9. The number of para-hydroxylation sites is 1. The van der Waals surface area contributed by atoms with Gasteiger partial charge in [0.2, 0.25) is 5.88 Å². The van der Waals surface area contributed by atoms with E-state index in [9.17, 15) is 13.6 Å². The highest BCUT2D eigenvalue weighted by Gasteiger charge is 2.29. The van der Waals surface area contributed by atoms with E-state index in [1.165, 1.54) is 36.4 Å². The first kappa shape index (κ1) is 26.6. The molecule has 0 N–H and O–H groups in total. The lowest BCUT2D eigenvalue weighted by Gasteiger charge is -2.26. The summed E-state index contributed by atoms with van der Waals surface area (Å²) in [6, 6.07) is 21.0. The number of nitrogens with zero attached hydrogens (tertiary/aromatic N) is 3. The molecule has 1 aliphatic heterocycles. The van der Waals surface area contributed by atoms with Crippen LogP contribution >= 0.6 is 0 Å². The van der Waals surface area contributed by atoms with E-state index in [2.05, 4.69) is 0 Å². The molecule has 5 rings (SSSR count). The van der Waals surface area contributed by atoms with Gasteiger partial charge in [0.15, 0.2) is 0 Å². The fourth-order valence-electron chi connectivity index (χ4n) is 4.77. The smallest absolute Gasteiger partial charge is 0.254 e. The number of carbonyl (C=O) groups is 1. The number of rotatable bonds is 9. The standard InChI is InChI=1S/C31H31F2N3O3/c1-21(2)29-28(20-35(19-27-12-7-17-38-27)30(37)22-13-15-23(32)16-14-22)31(39-26-11-6-8-24(33)18-26)36(34-29)25-9-4-3-5-10-25/h3-6,8-11,13-16,18,21,27H,7,12,17,19-20H2,1-2H3/t27-/m1/s1. The average molecular weight is 532 g/mol. The summed E-state index contributed by atoms with van der Waals surface area (Å²) in [5.74, 6) is -0.349. The van der Waals surface area contributed by atoms with Crippen molar-refractivity contribution in [1.82, 2.24) is 14.7 Å². The molecule has 1 saturated heterocycles. The molecular weight excluding hydrogens is 500 g/mol. The van der Waals surface area contributed by atoms with Gasteiger partial charge in [0.05, 0.1) is 29.6 Å². The molecule has 0 radical (unpaired) electrons. The van der Waals surface area contributed by atoms with Gasteiger partial charge in [0, 0.05) is 24.8 Å². The van der Waals surface area contributed by atoms with Crippen LogP contribution in [0.15, 0.2) is 78.9 Å². The molecule has 0 aliphatic carbocycles. The van der Waals surface area contributed by atoms with Crippen molar-refractivity contribution < 1.29 is 23.0 Å². The Morgan fingerprint density at radius 1 is 1.05 bits per heavy atom. The molecule has 2 heterocycles. The number of hydrogen-bond donors (Lipinski definition) is 0. The van der Waals surface area contributed by atoms with Crippen molar-refractivity contribution in [2.24, 2.45) is 0 Å². The van der Waals surface area contributed by atoms with Crippen LogP contribution in [-0.4, -0.2) is 39.8 Å². The van der Waals surface area contributed by atoms with Gasteiger partial charge in [-0.25, -0.2) is 13.5 Å².